The van der Waals surface area contributed by atoms with E-state index in [2.05, 4.69) is 10.2 Å². The summed E-state index contributed by atoms with van der Waals surface area (Å²) in [6.45, 7) is 0. The van der Waals surface area contributed by atoms with Crippen molar-refractivity contribution in [1.82, 2.24) is 14.9 Å². The molecule has 0 saturated heterocycles. The Morgan fingerprint density at radius 1 is 1.27 bits per heavy atom. The van der Waals surface area contributed by atoms with E-state index >= 15 is 0 Å². The summed E-state index contributed by atoms with van der Waals surface area (Å²) in [4.78, 5) is 10.5. The van der Waals surface area contributed by atoms with Gasteiger partial charge in [-0.2, -0.15) is 0 Å². The minimum Gasteiger partial charge on any atom is -0.496 e. The summed E-state index contributed by atoms with van der Waals surface area (Å²) in [6, 6.07) is 10.1. The molecule has 8 nitrogen and oxygen atoms in total. The minimum absolute atomic E-state index is 0.0254. The molecule has 26 heavy (non-hydrogen) atoms. The zero-order valence-electron chi connectivity index (χ0n) is 13.6. The molecule has 0 unspecified atom stereocenters. The fourth-order valence-electron chi connectivity index (χ4n) is 2.30. The van der Waals surface area contributed by atoms with Gasteiger partial charge in [0, 0.05) is 29.0 Å². The SMILES string of the molecule is COc1ccc([N+](=O)[O-])cc1CSc1nnc(-c2ccc(F)cc2)n1N. The van der Waals surface area contributed by atoms with Crippen LogP contribution in [0.3, 0.4) is 0 Å². The highest BCUT2D eigenvalue weighted by molar-refractivity contribution is 7.98. The van der Waals surface area contributed by atoms with Crippen molar-refractivity contribution in [3.63, 3.8) is 0 Å². The Bertz CT molecular complexity index is 946. The van der Waals surface area contributed by atoms with Gasteiger partial charge in [-0.3, -0.25) is 10.1 Å². The molecule has 0 radical (unpaired) electrons. The second-order valence-corrected chi connectivity index (χ2v) is 6.17. The van der Waals surface area contributed by atoms with E-state index in [1.165, 1.54) is 47.8 Å². The van der Waals surface area contributed by atoms with Crippen LogP contribution in [0, 0.1) is 15.9 Å². The third kappa shape index (κ3) is 3.59. The predicted molar refractivity (Wildman–Crippen MR) is 94.8 cm³/mol. The number of non-ortho nitro benzene ring substituents is 1. The van der Waals surface area contributed by atoms with E-state index in [1.54, 1.807) is 18.2 Å². The zero-order valence-corrected chi connectivity index (χ0v) is 14.4. The summed E-state index contributed by atoms with van der Waals surface area (Å²) in [5.74, 6) is 6.94. The van der Waals surface area contributed by atoms with Crippen LogP contribution in [0.1, 0.15) is 5.56 Å². The van der Waals surface area contributed by atoms with Gasteiger partial charge < -0.3 is 10.6 Å². The molecule has 0 fully saturated rings. The molecule has 0 spiro atoms. The number of ether oxygens (including phenoxy) is 1. The van der Waals surface area contributed by atoms with Gasteiger partial charge in [-0.25, -0.2) is 9.07 Å². The zero-order chi connectivity index (χ0) is 18.7. The standard InChI is InChI=1S/C16H14FN5O3S/c1-25-14-7-6-13(22(23)24)8-11(14)9-26-16-20-19-15(21(16)18)10-2-4-12(17)5-3-10/h2-8H,9,18H2,1H3. The topological polar surface area (TPSA) is 109 Å². The van der Waals surface area contributed by atoms with Crippen molar-refractivity contribution in [3.05, 3.63) is 64.0 Å². The quantitative estimate of drug-likeness (QED) is 0.305. The summed E-state index contributed by atoms with van der Waals surface area (Å²) in [7, 11) is 1.49. The van der Waals surface area contributed by atoms with Crippen LogP contribution < -0.4 is 10.6 Å². The number of thioether (sulfide) groups is 1. The van der Waals surface area contributed by atoms with Crippen LogP contribution in [0.4, 0.5) is 10.1 Å². The second kappa shape index (κ2) is 7.40. The fraction of sp³-hybridized carbons (Fsp3) is 0.125. The fourth-order valence-corrected chi connectivity index (χ4v) is 3.14. The molecule has 0 atom stereocenters. The van der Waals surface area contributed by atoms with Crippen molar-refractivity contribution in [1.29, 1.82) is 0 Å². The maximum absolute atomic E-state index is 13.0. The van der Waals surface area contributed by atoms with Crippen molar-refractivity contribution >= 4 is 17.4 Å². The number of nitrogen functional groups attached to an aromatic ring is 1. The molecule has 1 heterocycles. The molecule has 0 aliphatic carbocycles. The molecule has 10 heteroatoms. The number of rotatable bonds is 6. The number of nitrogens with zero attached hydrogens (tertiary/aromatic N) is 4. The van der Waals surface area contributed by atoms with Crippen LogP contribution >= 0.6 is 11.8 Å². The molecule has 0 aliphatic heterocycles. The van der Waals surface area contributed by atoms with Gasteiger partial charge in [-0.05, 0) is 30.3 Å². The Kier molecular flexibility index (Phi) is 5.03. The van der Waals surface area contributed by atoms with E-state index in [0.717, 1.165) is 0 Å². The van der Waals surface area contributed by atoms with Crippen LogP contribution in [0.5, 0.6) is 5.75 Å². The number of methoxy groups -OCH3 is 1. The van der Waals surface area contributed by atoms with E-state index in [0.29, 0.717) is 33.6 Å². The number of hydrogen-bond donors (Lipinski definition) is 1. The molecule has 3 aromatic rings. The Hall–Kier alpha value is -3.14. The highest BCUT2D eigenvalue weighted by atomic mass is 32.2. The molecule has 1 aromatic heterocycles. The molecular weight excluding hydrogens is 361 g/mol. The van der Waals surface area contributed by atoms with Crippen molar-refractivity contribution in [2.24, 2.45) is 0 Å². The number of nitro benzene ring substituents is 1. The van der Waals surface area contributed by atoms with Gasteiger partial charge in [-0.15, -0.1) is 10.2 Å². The van der Waals surface area contributed by atoms with Crippen LogP contribution in [0.2, 0.25) is 0 Å². The molecule has 0 bridgehead atoms. The van der Waals surface area contributed by atoms with Gasteiger partial charge in [-0.1, -0.05) is 11.8 Å². The smallest absolute Gasteiger partial charge is 0.270 e. The number of hydrogen-bond acceptors (Lipinski definition) is 7. The second-order valence-electron chi connectivity index (χ2n) is 5.23. The first-order valence-electron chi connectivity index (χ1n) is 7.40. The summed E-state index contributed by atoms with van der Waals surface area (Å²) < 4.78 is 19.6. The maximum Gasteiger partial charge on any atom is 0.270 e. The first kappa shape index (κ1) is 17.7. The number of nitrogens with two attached hydrogens (primary N) is 1. The van der Waals surface area contributed by atoms with Crippen molar-refractivity contribution in [3.8, 4) is 17.1 Å². The molecule has 0 aliphatic rings. The van der Waals surface area contributed by atoms with Gasteiger partial charge in [0.1, 0.15) is 11.6 Å². The summed E-state index contributed by atoms with van der Waals surface area (Å²) in [5.41, 5.74) is 1.24. The lowest BCUT2D eigenvalue weighted by atomic mass is 10.2. The maximum atomic E-state index is 13.0. The lowest BCUT2D eigenvalue weighted by Crippen LogP contribution is -2.11. The normalized spacial score (nSPS) is 10.7. The molecule has 3 rings (SSSR count). The van der Waals surface area contributed by atoms with E-state index in [9.17, 15) is 14.5 Å². The lowest BCUT2D eigenvalue weighted by Gasteiger charge is -2.08. The summed E-state index contributed by atoms with van der Waals surface area (Å²) >= 11 is 1.26. The predicted octanol–water partition coefficient (Wildman–Crippen LogP) is 3.01. The van der Waals surface area contributed by atoms with Gasteiger partial charge >= 0.3 is 0 Å². The summed E-state index contributed by atoms with van der Waals surface area (Å²) in [5, 5.41) is 19.4. The van der Waals surface area contributed by atoms with Gasteiger partial charge in [0.25, 0.3) is 5.69 Å². The first-order valence-corrected chi connectivity index (χ1v) is 8.38. The lowest BCUT2D eigenvalue weighted by molar-refractivity contribution is -0.384. The van der Waals surface area contributed by atoms with Crippen molar-refractivity contribution in [2.45, 2.75) is 10.9 Å². The van der Waals surface area contributed by atoms with Crippen LogP contribution in [-0.2, 0) is 5.75 Å². The molecule has 0 saturated carbocycles. The van der Waals surface area contributed by atoms with Crippen molar-refractivity contribution < 1.29 is 14.1 Å². The average Bonchev–Trinajstić information content (AvgIpc) is 3.01. The largest absolute Gasteiger partial charge is 0.496 e. The Balaban J connectivity index is 1.82. The summed E-state index contributed by atoms with van der Waals surface area (Å²) in [6.07, 6.45) is 0. The number of nitro groups is 1. The Morgan fingerprint density at radius 3 is 2.65 bits per heavy atom. The van der Waals surface area contributed by atoms with Gasteiger partial charge in [0.05, 0.1) is 12.0 Å². The monoisotopic (exact) mass is 375 g/mol. The Morgan fingerprint density at radius 2 is 2.00 bits per heavy atom. The van der Waals surface area contributed by atoms with E-state index in [1.807, 2.05) is 0 Å². The highest BCUT2D eigenvalue weighted by Gasteiger charge is 2.15. The Labute approximate surface area is 151 Å². The number of aromatic nitrogens is 3. The third-order valence-electron chi connectivity index (χ3n) is 3.60. The molecule has 0 amide bonds. The molecular formula is C16H14FN5O3S. The van der Waals surface area contributed by atoms with E-state index in [-0.39, 0.29) is 11.5 Å². The third-order valence-corrected chi connectivity index (χ3v) is 4.59. The molecule has 134 valence electrons. The highest BCUT2D eigenvalue weighted by Crippen LogP contribution is 2.30. The van der Waals surface area contributed by atoms with Crippen LogP contribution in [0.25, 0.3) is 11.4 Å². The van der Waals surface area contributed by atoms with E-state index < -0.39 is 4.92 Å². The van der Waals surface area contributed by atoms with Crippen LogP contribution in [0.15, 0.2) is 47.6 Å². The number of halogens is 1. The van der Waals surface area contributed by atoms with Crippen molar-refractivity contribution in [2.75, 3.05) is 13.0 Å². The molecule has 2 N–H and O–H groups in total. The van der Waals surface area contributed by atoms with Gasteiger partial charge in [0.2, 0.25) is 5.16 Å². The molecule has 2 aromatic carbocycles. The van der Waals surface area contributed by atoms with E-state index in [4.69, 9.17) is 10.6 Å². The first-order chi connectivity index (χ1) is 12.5. The van der Waals surface area contributed by atoms with Crippen LogP contribution in [-0.4, -0.2) is 26.9 Å². The number of benzene rings is 2. The minimum atomic E-state index is -0.467. The van der Waals surface area contributed by atoms with Gasteiger partial charge in [0.15, 0.2) is 5.82 Å². The average molecular weight is 375 g/mol.